The summed E-state index contributed by atoms with van der Waals surface area (Å²) >= 11 is 6.40. The van der Waals surface area contributed by atoms with E-state index in [9.17, 15) is 4.79 Å². The first-order valence-corrected chi connectivity index (χ1v) is 9.20. The molecule has 8 nitrogen and oxygen atoms in total. The fourth-order valence-electron chi connectivity index (χ4n) is 3.60. The number of hydrogen-bond donors (Lipinski definition) is 0. The van der Waals surface area contributed by atoms with Gasteiger partial charge in [0.2, 0.25) is 11.8 Å². The molecule has 0 spiro atoms. The Bertz CT molecular complexity index is 899. The van der Waals surface area contributed by atoms with Crippen LogP contribution in [0.5, 0.6) is 5.88 Å². The summed E-state index contributed by atoms with van der Waals surface area (Å²) in [6.07, 6.45) is 4.61. The number of piperidine rings is 1. The maximum absolute atomic E-state index is 12.1. The highest BCUT2D eigenvalue weighted by atomic mass is 35.5. The van der Waals surface area contributed by atoms with Crippen molar-refractivity contribution in [1.82, 2.24) is 14.9 Å². The Morgan fingerprint density at radius 3 is 3.00 bits per heavy atom. The molecule has 0 aromatic carbocycles. The van der Waals surface area contributed by atoms with Crippen LogP contribution in [0.4, 0.5) is 0 Å². The van der Waals surface area contributed by atoms with Crippen molar-refractivity contribution >= 4 is 28.5 Å². The third kappa shape index (κ3) is 4.23. The molecule has 2 aromatic heterocycles. The molecule has 0 bridgehead atoms. The third-order valence-corrected chi connectivity index (χ3v) is 5.30. The van der Waals surface area contributed by atoms with E-state index in [-0.39, 0.29) is 18.0 Å². The van der Waals surface area contributed by atoms with Crippen molar-refractivity contribution in [3.8, 4) is 5.88 Å². The Kier molecular flexibility index (Phi) is 5.98. The van der Waals surface area contributed by atoms with Gasteiger partial charge in [-0.3, -0.25) is 9.78 Å². The van der Waals surface area contributed by atoms with Crippen LogP contribution in [0.1, 0.15) is 31.7 Å². The molecule has 142 valence electrons. The fraction of sp³-hybridized carbons (Fsp3) is 0.500. The number of halogens is 1. The Morgan fingerprint density at radius 1 is 1.48 bits per heavy atom. The average molecular weight is 389 g/mol. The molecule has 0 N–H and O–H groups in total. The number of likely N-dealkylation sites (tertiary alicyclic amines) is 1. The van der Waals surface area contributed by atoms with Crippen LogP contribution < -0.4 is 4.74 Å². The highest BCUT2D eigenvalue weighted by Crippen LogP contribution is 2.29. The largest absolute Gasteiger partial charge is 0.481 e. The van der Waals surface area contributed by atoms with E-state index in [0.29, 0.717) is 23.9 Å². The number of carbonyl (C=O) groups is 1. The van der Waals surface area contributed by atoms with E-state index >= 15 is 0 Å². The minimum absolute atomic E-state index is 0.0108. The molecule has 2 aromatic rings. The number of amides is 1. The van der Waals surface area contributed by atoms with Gasteiger partial charge in [0, 0.05) is 42.2 Å². The van der Waals surface area contributed by atoms with Gasteiger partial charge in [0.15, 0.2) is 0 Å². The number of hydrogen-bond acceptors (Lipinski definition) is 5. The number of methoxy groups -OCH3 is 1. The van der Waals surface area contributed by atoms with Gasteiger partial charge in [0.25, 0.3) is 0 Å². The van der Waals surface area contributed by atoms with Crippen LogP contribution in [0.2, 0.25) is 5.02 Å². The van der Waals surface area contributed by atoms with Gasteiger partial charge in [0.1, 0.15) is 0 Å². The smallest absolute Gasteiger partial charge is 0.219 e. The Morgan fingerprint density at radius 2 is 2.30 bits per heavy atom. The number of fused-ring (bicyclic) bond motifs is 1. The van der Waals surface area contributed by atoms with Crippen molar-refractivity contribution in [3.05, 3.63) is 39.4 Å². The molecular weight excluding hydrogens is 368 g/mol. The zero-order valence-corrected chi connectivity index (χ0v) is 16.1. The van der Waals surface area contributed by atoms with Crippen LogP contribution in [0, 0.1) is 0 Å². The molecule has 1 saturated heterocycles. The van der Waals surface area contributed by atoms with Crippen molar-refractivity contribution < 1.29 is 9.53 Å². The minimum Gasteiger partial charge on any atom is -0.481 e. The van der Waals surface area contributed by atoms with Gasteiger partial charge in [-0.25, -0.2) is 4.98 Å². The van der Waals surface area contributed by atoms with E-state index in [0.717, 1.165) is 35.9 Å². The SMILES string of the molecule is COc1ccc2ncc(Cl)c(CCC3CCC(N=[N+]=[N-])CN3C(C)=O)c2n1. The zero-order chi connectivity index (χ0) is 19.4. The van der Waals surface area contributed by atoms with Gasteiger partial charge in [-0.15, -0.1) is 0 Å². The maximum atomic E-state index is 12.1. The van der Waals surface area contributed by atoms with Gasteiger partial charge in [-0.05, 0) is 37.3 Å². The number of aryl methyl sites for hydroxylation is 1. The summed E-state index contributed by atoms with van der Waals surface area (Å²) in [6, 6.07) is 3.54. The monoisotopic (exact) mass is 388 g/mol. The minimum atomic E-state index is -0.161. The quantitative estimate of drug-likeness (QED) is 0.439. The summed E-state index contributed by atoms with van der Waals surface area (Å²) in [7, 11) is 1.57. The van der Waals surface area contributed by atoms with Crippen molar-refractivity contribution in [2.75, 3.05) is 13.7 Å². The molecule has 0 saturated carbocycles. The summed E-state index contributed by atoms with van der Waals surface area (Å²) < 4.78 is 5.22. The van der Waals surface area contributed by atoms with Gasteiger partial charge in [-0.1, -0.05) is 16.7 Å². The van der Waals surface area contributed by atoms with Crippen LogP contribution in [-0.2, 0) is 11.2 Å². The molecule has 3 heterocycles. The van der Waals surface area contributed by atoms with E-state index in [2.05, 4.69) is 20.0 Å². The summed E-state index contributed by atoms with van der Waals surface area (Å²) in [4.78, 5) is 25.6. The Labute approximate surface area is 162 Å². The predicted octanol–water partition coefficient (Wildman–Crippen LogP) is 3.91. The number of pyridine rings is 2. The normalized spacial score (nSPS) is 19.6. The Hall–Kier alpha value is -2.57. The second-order valence-corrected chi connectivity index (χ2v) is 7.01. The summed E-state index contributed by atoms with van der Waals surface area (Å²) in [5, 5.41) is 4.33. The standard InChI is InChI=1S/C18H21ClN6O2/c1-11(26)25-10-12(23-24-20)3-4-13(25)5-6-14-15(19)9-21-16-7-8-17(27-2)22-18(14)16/h7-9,12-13H,3-6,10H2,1-2H3. The lowest BCUT2D eigenvalue weighted by molar-refractivity contribution is -0.132. The second kappa shape index (κ2) is 8.41. The number of carbonyl (C=O) groups excluding carboxylic acids is 1. The predicted molar refractivity (Wildman–Crippen MR) is 103 cm³/mol. The first kappa shape index (κ1) is 19.2. The lowest BCUT2D eigenvalue weighted by atomic mass is 9.93. The molecule has 2 unspecified atom stereocenters. The topological polar surface area (TPSA) is 104 Å². The number of rotatable bonds is 5. The molecule has 3 rings (SSSR count). The highest BCUT2D eigenvalue weighted by molar-refractivity contribution is 6.32. The van der Waals surface area contributed by atoms with Crippen molar-refractivity contribution in [1.29, 1.82) is 0 Å². The van der Waals surface area contributed by atoms with Crippen molar-refractivity contribution in [2.24, 2.45) is 5.11 Å². The van der Waals surface area contributed by atoms with Crippen LogP contribution in [0.15, 0.2) is 23.4 Å². The first-order valence-electron chi connectivity index (χ1n) is 8.83. The molecule has 1 fully saturated rings. The molecule has 1 aliphatic heterocycles. The lowest BCUT2D eigenvalue weighted by Gasteiger charge is -2.38. The van der Waals surface area contributed by atoms with E-state index < -0.39 is 0 Å². The van der Waals surface area contributed by atoms with Gasteiger partial charge in [0.05, 0.1) is 29.2 Å². The molecule has 27 heavy (non-hydrogen) atoms. The van der Waals surface area contributed by atoms with Crippen molar-refractivity contribution in [3.63, 3.8) is 0 Å². The van der Waals surface area contributed by atoms with Gasteiger partial charge >= 0.3 is 0 Å². The summed E-state index contributed by atoms with van der Waals surface area (Å²) in [5.41, 5.74) is 11.0. The van der Waals surface area contributed by atoms with Crippen LogP contribution >= 0.6 is 11.6 Å². The third-order valence-electron chi connectivity index (χ3n) is 4.98. The second-order valence-electron chi connectivity index (χ2n) is 6.61. The lowest BCUT2D eigenvalue weighted by Crippen LogP contribution is -2.47. The van der Waals surface area contributed by atoms with Gasteiger partial charge in [-0.2, -0.15) is 0 Å². The van der Waals surface area contributed by atoms with Crippen molar-refractivity contribution in [2.45, 2.75) is 44.7 Å². The molecule has 9 heteroatoms. The van der Waals surface area contributed by atoms with Crippen LogP contribution in [0.25, 0.3) is 21.5 Å². The molecular formula is C18H21ClN6O2. The fourth-order valence-corrected chi connectivity index (χ4v) is 3.83. The maximum Gasteiger partial charge on any atom is 0.219 e. The summed E-state index contributed by atoms with van der Waals surface area (Å²) in [5.74, 6) is 0.497. The highest BCUT2D eigenvalue weighted by Gasteiger charge is 2.29. The summed E-state index contributed by atoms with van der Waals surface area (Å²) in [6.45, 7) is 2.01. The van der Waals surface area contributed by atoms with Crippen LogP contribution in [0.3, 0.4) is 0 Å². The molecule has 0 radical (unpaired) electrons. The molecule has 0 aliphatic carbocycles. The van der Waals surface area contributed by atoms with E-state index in [1.54, 1.807) is 31.2 Å². The zero-order valence-electron chi connectivity index (χ0n) is 15.3. The van der Waals surface area contributed by atoms with E-state index in [4.69, 9.17) is 21.9 Å². The van der Waals surface area contributed by atoms with E-state index in [1.807, 2.05) is 6.07 Å². The Balaban J connectivity index is 1.82. The van der Waals surface area contributed by atoms with Gasteiger partial charge < -0.3 is 9.64 Å². The number of ether oxygens (including phenoxy) is 1. The first-order chi connectivity index (χ1) is 13.0. The number of azide groups is 1. The van der Waals surface area contributed by atoms with E-state index in [1.165, 1.54) is 0 Å². The number of nitrogens with zero attached hydrogens (tertiary/aromatic N) is 6. The molecule has 1 aliphatic rings. The molecule has 1 amide bonds. The van der Waals surface area contributed by atoms with Crippen LogP contribution in [-0.4, -0.2) is 46.5 Å². The molecule has 2 atom stereocenters. The average Bonchev–Trinajstić information content (AvgIpc) is 2.67. The number of aromatic nitrogens is 2.